The van der Waals surface area contributed by atoms with E-state index in [1.165, 1.54) is 21.2 Å². The first-order chi connectivity index (χ1) is 16.9. The lowest BCUT2D eigenvalue weighted by Crippen LogP contribution is -2.53. The van der Waals surface area contributed by atoms with Crippen molar-refractivity contribution in [2.24, 2.45) is 11.8 Å². The van der Waals surface area contributed by atoms with Crippen molar-refractivity contribution in [1.29, 1.82) is 0 Å². The van der Waals surface area contributed by atoms with Crippen molar-refractivity contribution in [2.45, 2.75) is 25.3 Å². The first-order valence-electron chi connectivity index (χ1n) is 12.1. The molecular formula is C27H35N3O5. The van der Waals surface area contributed by atoms with Gasteiger partial charge in [-0.15, -0.1) is 0 Å². The van der Waals surface area contributed by atoms with Gasteiger partial charge in [0.05, 0.1) is 19.6 Å². The van der Waals surface area contributed by atoms with E-state index in [0.717, 1.165) is 61.7 Å². The number of carbonyl (C=O) groups excluding carboxylic acids is 3. The third-order valence-electron chi connectivity index (χ3n) is 6.42. The Morgan fingerprint density at radius 3 is 2.46 bits per heavy atom. The van der Waals surface area contributed by atoms with Crippen molar-refractivity contribution in [3.63, 3.8) is 0 Å². The van der Waals surface area contributed by atoms with Crippen molar-refractivity contribution in [2.75, 3.05) is 54.1 Å². The average molecular weight is 482 g/mol. The molecule has 1 heterocycles. The number of carbonyl (C=O) groups is 3. The molecule has 0 aromatic rings. The molecule has 0 radical (unpaired) electrons. The van der Waals surface area contributed by atoms with Crippen LogP contribution in [-0.2, 0) is 23.9 Å². The summed E-state index contributed by atoms with van der Waals surface area (Å²) in [5, 5.41) is 2.40. The van der Waals surface area contributed by atoms with Crippen LogP contribution >= 0.6 is 0 Å². The highest BCUT2D eigenvalue weighted by molar-refractivity contribution is 6.04. The summed E-state index contributed by atoms with van der Waals surface area (Å²) in [6.07, 6.45) is 14.5. The summed E-state index contributed by atoms with van der Waals surface area (Å²) in [4.78, 5) is 40.6. The van der Waals surface area contributed by atoms with Crippen LogP contribution in [-0.4, -0.2) is 87.7 Å². The van der Waals surface area contributed by atoms with Crippen LogP contribution in [0.25, 0.3) is 0 Å². The Morgan fingerprint density at radius 1 is 1.14 bits per heavy atom. The number of esters is 1. The van der Waals surface area contributed by atoms with Crippen molar-refractivity contribution >= 4 is 17.8 Å². The van der Waals surface area contributed by atoms with Gasteiger partial charge in [-0.25, -0.2) is 4.79 Å². The largest absolute Gasteiger partial charge is 0.467 e. The second kappa shape index (κ2) is 13.1. The van der Waals surface area contributed by atoms with Crippen molar-refractivity contribution in [3.8, 4) is 11.8 Å². The molecule has 1 saturated heterocycles. The highest BCUT2D eigenvalue weighted by Crippen LogP contribution is 2.21. The van der Waals surface area contributed by atoms with Crippen molar-refractivity contribution < 1.29 is 23.9 Å². The fraction of sp³-hybridized carbons (Fsp3) is 0.519. The van der Waals surface area contributed by atoms with Crippen LogP contribution in [0.5, 0.6) is 0 Å². The number of amides is 2. The monoisotopic (exact) mass is 481 g/mol. The number of ether oxygens (including phenoxy) is 2. The van der Waals surface area contributed by atoms with Gasteiger partial charge in [-0.05, 0) is 25.2 Å². The number of nitrogens with one attached hydrogen (secondary N) is 1. The van der Waals surface area contributed by atoms with Crippen LogP contribution in [0.2, 0.25) is 0 Å². The van der Waals surface area contributed by atoms with Crippen LogP contribution < -0.4 is 5.32 Å². The van der Waals surface area contributed by atoms with Crippen LogP contribution in [0.15, 0.2) is 47.6 Å². The minimum absolute atomic E-state index is 0.330. The molecule has 2 aliphatic carbocycles. The Hall–Kier alpha value is -3.15. The molecule has 0 saturated carbocycles. The van der Waals surface area contributed by atoms with Crippen molar-refractivity contribution in [3.05, 3.63) is 47.6 Å². The summed E-state index contributed by atoms with van der Waals surface area (Å²) < 4.78 is 10.2. The van der Waals surface area contributed by atoms with E-state index in [2.05, 4.69) is 40.3 Å². The van der Waals surface area contributed by atoms with Crippen LogP contribution in [0.3, 0.4) is 0 Å². The molecule has 35 heavy (non-hydrogen) atoms. The van der Waals surface area contributed by atoms with Crippen LogP contribution in [0.4, 0.5) is 0 Å². The summed E-state index contributed by atoms with van der Waals surface area (Å²) >= 11 is 0. The summed E-state index contributed by atoms with van der Waals surface area (Å²) in [6, 6.07) is -1.32. The fourth-order valence-corrected chi connectivity index (χ4v) is 4.32. The number of hydrogen-bond donors (Lipinski definition) is 1. The predicted octanol–water partition coefficient (Wildman–Crippen LogP) is 1.46. The van der Waals surface area contributed by atoms with Gasteiger partial charge in [-0.3, -0.25) is 9.59 Å². The number of rotatable bonds is 6. The van der Waals surface area contributed by atoms with E-state index in [1.807, 2.05) is 12.2 Å². The van der Waals surface area contributed by atoms with E-state index < -0.39 is 23.8 Å². The second-order valence-electron chi connectivity index (χ2n) is 8.88. The molecule has 3 atom stereocenters. The van der Waals surface area contributed by atoms with Gasteiger partial charge >= 0.3 is 5.97 Å². The lowest BCUT2D eigenvalue weighted by molar-refractivity contribution is -0.157. The second-order valence-corrected chi connectivity index (χ2v) is 8.88. The van der Waals surface area contributed by atoms with E-state index in [4.69, 9.17) is 9.47 Å². The standard InChI is InChI=1S/C27H35N3O5/c1-28-25(31)24(27(33)34-3)29(2)26(32)23-13-11-21(12-14-23)6-5-20-7-9-22(10-8-20)19-30-15-4-17-35-18-16-30/h7-9,11-13,22-24H,4,10,14-19H2,1-3H3,(H,28,31). The number of hydrogen-bond acceptors (Lipinski definition) is 6. The Balaban J connectivity index is 1.52. The molecule has 0 bridgehead atoms. The third-order valence-corrected chi connectivity index (χ3v) is 6.42. The van der Waals surface area contributed by atoms with Gasteiger partial charge < -0.3 is 24.6 Å². The van der Waals surface area contributed by atoms with Gasteiger partial charge in [0.1, 0.15) is 0 Å². The van der Waals surface area contributed by atoms with E-state index in [-0.39, 0.29) is 5.91 Å². The summed E-state index contributed by atoms with van der Waals surface area (Å²) in [5.41, 5.74) is 1.84. The molecule has 188 valence electrons. The van der Waals surface area contributed by atoms with E-state index in [1.54, 1.807) is 6.08 Å². The van der Waals surface area contributed by atoms with Gasteiger partial charge in [-0.2, -0.15) is 0 Å². The number of allylic oxidation sites excluding steroid dienone is 6. The molecule has 1 fully saturated rings. The maximum atomic E-state index is 12.9. The van der Waals surface area contributed by atoms with E-state index in [9.17, 15) is 14.4 Å². The molecule has 8 nitrogen and oxygen atoms in total. The topological polar surface area (TPSA) is 88.2 Å². The molecule has 3 rings (SSSR count). The predicted molar refractivity (Wildman–Crippen MR) is 133 cm³/mol. The molecule has 2 amide bonds. The average Bonchev–Trinajstić information content (AvgIpc) is 3.16. The highest BCUT2D eigenvalue weighted by Gasteiger charge is 2.36. The minimum Gasteiger partial charge on any atom is -0.467 e. The summed E-state index contributed by atoms with van der Waals surface area (Å²) in [5.74, 6) is 4.72. The number of nitrogens with zero attached hydrogens (tertiary/aromatic N) is 2. The Morgan fingerprint density at radius 2 is 1.86 bits per heavy atom. The molecule has 0 aromatic carbocycles. The van der Waals surface area contributed by atoms with Crippen molar-refractivity contribution in [1.82, 2.24) is 15.1 Å². The molecule has 0 aromatic heterocycles. The van der Waals surface area contributed by atoms with E-state index in [0.29, 0.717) is 12.3 Å². The zero-order chi connectivity index (χ0) is 25.2. The zero-order valence-corrected chi connectivity index (χ0v) is 20.8. The van der Waals surface area contributed by atoms with Crippen LogP contribution in [0, 0.1) is 23.7 Å². The maximum absolute atomic E-state index is 12.9. The van der Waals surface area contributed by atoms with Gasteiger partial charge in [0.15, 0.2) is 0 Å². The maximum Gasteiger partial charge on any atom is 0.338 e. The van der Waals surface area contributed by atoms with Gasteiger partial charge in [0.25, 0.3) is 5.91 Å². The third kappa shape index (κ3) is 7.41. The van der Waals surface area contributed by atoms with Gasteiger partial charge in [0.2, 0.25) is 11.9 Å². The summed E-state index contributed by atoms with van der Waals surface area (Å²) in [7, 11) is 4.03. The first kappa shape index (κ1) is 26.5. The Kier molecular flexibility index (Phi) is 9.88. The molecule has 0 spiro atoms. The lowest BCUT2D eigenvalue weighted by atomic mass is 9.94. The fourth-order valence-electron chi connectivity index (χ4n) is 4.32. The SMILES string of the molecule is CNC(=O)C(C(=O)OC)N(C)C(=O)C1C=CC(C#CC2=CCC(CN3CCCOCC3)C=C2)=CC1. The lowest BCUT2D eigenvalue weighted by Gasteiger charge is -2.27. The molecule has 8 heteroatoms. The van der Waals surface area contributed by atoms with Crippen LogP contribution in [0.1, 0.15) is 19.3 Å². The Labute approximate surface area is 207 Å². The quantitative estimate of drug-likeness (QED) is 0.351. The van der Waals surface area contributed by atoms with Gasteiger partial charge in [0, 0.05) is 51.5 Å². The number of likely N-dealkylation sites (N-methyl/N-ethyl adjacent to an activating group) is 2. The molecule has 3 aliphatic rings. The summed E-state index contributed by atoms with van der Waals surface area (Å²) in [6.45, 7) is 4.81. The zero-order valence-electron chi connectivity index (χ0n) is 20.8. The normalized spacial score (nSPS) is 23.1. The Bertz CT molecular complexity index is 961. The molecule has 3 unspecified atom stereocenters. The molecule has 1 aliphatic heterocycles. The molecular weight excluding hydrogens is 446 g/mol. The van der Waals surface area contributed by atoms with Gasteiger partial charge in [-0.1, -0.05) is 48.3 Å². The smallest absolute Gasteiger partial charge is 0.338 e. The highest BCUT2D eigenvalue weighted by atomic mass is 16.5. The first-order valence-corrected chi connectivity index (χ1v) is 12.1. The number of methoxy groups -OCH3 is 1. The molecule has 1 N–H and O–H groups in total. The van der Waals surface area contributed by atoms with E-state index >= 15 is 0 Å². The minimum atomic E-state index is -1.32.